The third kappa shape index (κ3) is 5.77. The van der Waals surface area contributed by atoms with Crippen molar-refractivity contribution in [2.75, 3.05) is 5.32 Å². The molecule has 0 radical (unpaired) electrons. The van der Waals surface area contributed by atoms with Crippen LogP contribution in [-0.4, -0.2) is 16.1 Å². The predicted molar refractivity (Wildman–Crippen MR) is 110 cm³/mol. The Morgan fingerprint density at radius 1 is 1.22 bits per heavy atom. The van der Waals surface area contributed by atoms with Gasteiger partial charge in [0.25, 0.3) is 0 Å². The molecule has 9 heteroatoms. The van der Waals surface area contributed by atoms with Crippen LogP contribution >= 0.6 is 46.3 Å². The Kier molecular flexibility index (Phi) is 6.84. The quantitative estimate of drug-likeness (QED) is 0.293. The molecule has 0 spiro atoms. The number of nitrogens with zero attached hydrogens (tertiary/aromatic N) is 2. The number of carbonyl (C=O) groups excluding carboxylic acids is 1. The number of nitrogens with one attached hydrogen (secondary N) is 1. The topological polar surface area (TPSA) is 54.9 Å². The van der Waals surface area contributed by atoms with E-state index in [4.69, 9.17) is 23.2 Å². The van der Waals surface area contributed by atoms with E-state index in [9.17, 15) is 9.18 Å². The molecule has 1 amide bonds. The average molecular weight is 440 g/mol. The molecule has 3 aromatic rings. The van der Waals surface area contributed by atoms with Gasteiger partial charge in [0, 0.05) is 21.9 Å². The summed E-state index contributed by atoms with van der Waals surface area (Å²) in [5, 5.41) is 11.9. The normalized spacial score (nSPS) is 11.1. The number of amides is 1. The number of hydrogen-bond donors (Lipinski definition) is 1. The van der Waals surface area contributed by atoms with Gasteiger partial charge in [-0.05, 0) is 35.4 Å². The Labute approximate surface area is 173 Å². The van der Waals surface area contributed by atoms with Gasteiger partial charge in [0.15, 0.2) is 4.34 Å². The zero-order valence-corrected chi connectivity index (χ0v) is 16.8. The summed E-state index contributed by atoms with van der Waals surface area (Å²) >= 11 is 14.5. The van der Waals surface area contributed by atoms with Crippen molar-refractivity contribution in [1.29, 1.82) is 0 Å². The van der Waals surface area contributed by atoms with Crippen molar-refractivity contribution in [2.45, 2.75) is 10.1 Å². The van der Waals surface area contributed by atoms with Gasteiger partial charge in [-0.2, -0.15) is 0 Å². The Hall–Kier alpha value is -1.93. The minimum atomic E-state index is -0.358. The van der Waals surface area contributed by atoms with Crippen LogP contribution in [0.2, 0.25) is 10.0 Å². The summed E-state index contributed by atoms with van der Waals surface area (Å²) in [5.41, 5.74) is 1.26. The molecule has 0 atom stereocenters. The van der Waals surface area contributed by atoms with E-state index in [0.717, 1.165) is 0 Å². The first kappa shape index (κ1) is 19.8. The van der Waals surface area contributed by atoms with Gasteiger partial charge in [-0.3, -0.25) is 10.1 Å². The smallest absolute Gasteiger partial charge is 0.250 e. The second kappa shape index (κ2) is 9.32. The molecule has 0 unspecified atom stereocenters. The lowest BCUT2D eigenvalue weighted by Gasteiger charge is -1.99. The fourth-order valence-corrected chi connectivity index (χ4v) is 4.24. The SMILES string of the molecule is O=C(/C=C/c1ccc(Cl)cc1Cl)Nc1nnc(SCc2ccccc2F)s1. The van der Waals surface area contributed by atoms with Gasteiger partial charge in [-0.25, -0.2) is 4.39 Å². The van der Waals surface area contributed by atoms with Gasteiger partial charge in [0.05, 0.1) is 0 Å². The molecule has 0 aliphatic carbocycles. The van der Waals surface area contributed by atoms with Crippen LogP contribution in [0.3, 0.4) is 0 Å². The zero-order chi connectivity index (χ0) is 19.2. The third-order valence-electron chi connectivity index (χ3n) is 3.32. The second-order valence-corrected chi connectivity index (χ2v) is 8.29. The van der Waals surface area contributed by atoms with Crippen LogP contribution in [-0.2, 0) is 10.5 Å². The molecule has 138 valence electrons. The Balaban J connectivity index is 1.56. The first-order valence-electron chi connectivity index (χ1n) is 7.65. The minimum absolute atomic E-state index is 0.256. The van der Waals surface area contributed by atoms with Crippen LogP contribution in [0.15, 0.2) is 52.9 Å². The predicted octanol–water partition coefficient (Wildman–Crippen LogP) is 5.93. The standard InChI is InChI=1S/C18H12Cl2FN3OS2/c19-13-7-5-11(14(20)9-13)6-8-16(25)22-17-23-24-18(27-17)26-10-12-3-1-2-4-15(12)21/h1-9H,10H2,(H,22,23,25)/b8-6+. The number of thioether (sulfide) groups is 1. The van der Waals surface area contributed by atoms with E-state index in [-0.39, 0.29) is 11.7 Å². The van der Waals surface area contributed by atoms with Gasteiger partial charge in [-0.1, -0.05) is 70.6 Å². The van der Waals surface area contributed by atoms with Gasteiger partial charge >= 0.3 is 0 Å². The zero-order valence-electron chi connectivity index (χ0n) is 13.7. The van der Waals surface area contributed by atoms with Crippen molar-refractivity contribution in [3.8, 4) is 0 Å². The fraction of sp³-hybridized carbons (Fsp3) is 0.0556. The van der Waals surface area contributed by atoms with E-state index < -0.39 is 0 Å². The highest BCUT2D eigenvalue weighted by Gasteiger charge is 2.09. The summed E-state index contributed by atoms with van der Waals surface area (Å²) in [4.78, 5) is 12.0. The highest BCUT2D eigenvalue weighted by molar-refractivity contribution is 8.00. The molecule has 27 heavy (non-hydrogen) atoms. The summed E-state index contributed by atoms with van der Waals surface area (Å²) < 4.78 is 14.3. The fourth-order valence-electron chi connectivity index (χ4n) is 2.02. The Bertz CT molecular complexity index is 994. The molecule has 0 aliphatic heterocycles. The maximum absolute atomic E-state index is 13.6. The molecule has 0 fully saturated rings. The van der Waals surface area contributed by atoms with Gasteiger partial charge < -0.3 is 0 Å². The van der Waals surface area contributed by atoms with Crippen LogP contribution in [0, 0.1) is 5.82 Å². The summed E-state index contributed by atoms with van der Waals surface area (Å²) in [7, 11) is 0. The van der Waals surface area contributed by atoms with E-state index in [1.165, 1.54) is 35.2 Å². The van der Waals surface area contributed by atoms with E-state index in [1.807, 2.05) is 0 Å². The van der Waals surface area contributed by atoms with E-state index >= 15 is 0 Å². The number of halogens is 3. The van der Waals surface area contributed by atoms with E-state index in [1.54, 1.807) is 42.5 Å². The molecule has 4 nitrogen and oxygen atoms in total. The van der Waals surface area contributed by atoms with Crippen molar-refractivity contribution in [2.24, 2.45) is 0 Å². The van der Waals surface area contributed by atoms with E-state index in [0.29, 0.717) is 36.4 Å². The van der Waals surface area contributed by atoms with Crippen LogP contribution in [0.4, 0.5) is 9.52 Å². The maximum Gasteiger partial charge on any atom is 0.250 e. The lowest BCUT2D eigenvalue weighted by Crippen LogP contribution is -2.07. The maximum atomic E-state index is 13.6. The molecule has 1 aromatic heterocycles. The number of hydrogen-bond acceptors (Lipinski definition) is 5. The highest BCUT2D eigenvalue weighted by Crippen LogP contribution is 2.29. The van der Waals surface area contributed by atoms with Crippen LogP contribution in [0.1, 0.15) is 11.1 Å². The number of aromatic nitrogens is 2. The Morgan fingerprint density at radius 3 is 2.81 bits per heavy atom. The summed E-state index contributed by atoms with van der Waals surface area (Å²) in [5.74, 6) is -0.179. The van der Waals surface area contributed by atoms with E-state index in [2.05, 4.69) is 15.5 Å². The number of carbonyl (C=O) groups is 1. The van der Waals surface area contributed by atoms with Crippen LogP contribution in [0.5, 0.6) is 0 Å². The number of anilines is 1. The van der Waals surface area contributed by atoms with Crippen molar-refractivity contribution in [1.82, 2.24) is 10.2 Å². The van der Waals surface area contributed by atoms with Crippen LogP contribution in [0.25, 0.3) is 6.08 Å². The highest BCUT2D eigenvalue weighted by atomic mass is 35.5. The van der Waals surface area contributed by atoms with Gasteiger partial charge in [-0.15, -0.1) is 10.2 Å². The lowest BCUT2D eigenvalue weighted by molar-refractivity contribution is -0.111. The molecular formula is C18H12Cl2FN3OS2. The van der Waals surface area contributed by atoms with Gasteiger partial charge in [0.1, 0.15) is 5.82 Å². The first-order chi connectivity index (χ1) is 13.0. The molecule has 0 aliphatic rings. The number of benzene rings is 2. The molecule has 0 saturated carbocycles. The molecule has 3 rings (SSSR count). The van der Waals surface area contributed by atoms with Crippen LogP contribution < -0.4 is 5.32 Å². The molecule has 0 bridgehead atoms. The van der Waals surface area contributed by atoms with Crippen molar-refractivity contribution in [3.63, 3.8) is 0 Å². The molecule has 0 saturated heterocycles. The summed E-state index contributed by atoms with van der Waals surface area (Å²) in [6.45, 7) is 0. The monoisotopic (exact) mass is 439 g/mol. The Morgan fingerprint density at radius 2 is 2.04 bits per heavy atom. The van der Waals surface area contributed by atoms with Gasteiger partial charge in [0.2, 0.25) is 11.0 Å². The summed E-state index contributed by atoms with van der Waals surface area (Å²) in [6, 6.07) is 11.6. The lowest BCUT2D eigenvalue weighted by atomic mass is 10.2. The molecule has 2 aromatic carbocycles. The molecular weight excluding hydrogens is 428 g/mol. The third-order valence-corrected chi connectivity index (χ3v) is 5.91. The van der Waals surface area contributed by atoms with Crippen molar-refractivity contribution >= 4 is 63.4 Å². The largest absolute Gasteiger partial charge is 0.297 e. The minimum Gasteiger partial charge on any atom is -0.297 e. The number of rotatable bonds is 6. The van der Waals surface area contributed by atoms with Crippen molar-refractivity contribution in [3.05, 3.63) is 75.5 Å². The van der Waals surface area contributed by atoms with Crippen molar-refractivity contribution < 1.29 is 9.18 Å². The molecule has 1 heterocycles. The average Bonchev–Trinajstić information content (AvgIpc) is 3.07. The first-order valence-corrected chi connectivity index (χ1v) is 10.2. The molecule has 1 N–H and O–H groups in total. The summed E-state index contributed by atoms with van der Waals surface area (Å²) in [6.07, 6.45) is 2.94. The second-order valence-electron chi connectivity index (χ2n) is 5.24.